The number of nitrogens with zero attached hydrogens (tertiary/aromatic N) is 3. The first-order valence-electron chi connectivity index (χ1n) is 10.5. The van der Waals surface area contributed by atoms with Gasteiger partial charge >= 0.3 is 0 Å². The Morgan fingerprint density at radius 3 is 2.48 bits per heavy atom. The van der Waals surface area contributed by atoms with Crippen LogP contribution in [0.2, 0.25) is 0 Å². The molecule has 170 valence electrons. The van der Waals surface area contributed by atoms with Gasteiger partial charge in [0, 0.05) is 0 Å². The van der Waals surface area contributed by atoms with Gasteiger partial charge in [0.1, 0.15) is 30.3 Å². The molecule has 4 aromatic rings. The maximum Gasteiger partial charge on any atom is 0.293 e. The predicted molar refractivity (Wildman–Crippen MR) is 122 cm³/mol. The van der Waals surface area contributed by atoms with Gasteiger partial charge in [-0.1, -0.05) is 45.0 Å². The highest BCUT2D eigenvalue weighted by molar-refractivity contribution is 6.01. The highest BCUT2D eigenvalue weighted by atomic mass is 19.1. The molecule has 4 rings (SSSR count). The number of nitrogens with one attached hydrogen (secondary N) is 1. The Bertz CT molecular complexity index is 1220. The van der Waals surface area contributed by atoms with Crippen LogP contribution in [-0.2, 0) is 18.6 Å². The van der Waals surface area contributed by atoms with Crippen molar-refractivity contribution in [3.8, 4) is 5.75 Å². The summed E-state index contributed by atoms with van der Waals surface area (Å²) < 4.78 is 25.9. The Morgan fingerprint density at radius 1 is 1.06 bits per heavy atom. The molecule has 0 aliphatic rings. The van der Waals surface area contributed by atoms with E-state index < -0.39 is 5.91 Å². The van der Waals surface area contributed by atoms with E-state index in [0.29, 0.717) is 12.3 Å². The number of anilines is 1. The Balaban J connectivity index is 1.31. The van der Waals surface area contributed by atoms with Crippen molar-refractivity contribution in [1.29, 1.82) is 0 Å². The molecule has 0 saturated heterocycles. The van der Waals surface area contributed by atoms with Gasteiger partial charge in [0.15, 0.2) is 5.76 Å². The van der Waals surface area contributed by atoms with Crippen molar-refractivity contribution in [3.63, 3.8) is 0 Å². The van der Waals surface area contributed by atoms with Gasteiger partial charge in [-0.05, 0) is 52.9 Å². The van der Waals surface area contributed by atoms with Crippen LogP contribution in [0.3, 0.4) is 0 Å². The first-order chi connectivity index (χ1) is 15.8. The number of rotatable bonds is 7. The second-order valence-corrected chi connectivity index (χ2v) is 8.68. The van der Waals surface area contributed by atoms with Crippen LogP contribution < -0.4 is 10.1 Å². The summed E-state index contributed by atoms with van der Waals surface area (Å²) in [6.07, 6.45) is 1.49. The van der Waals surface area contributed by atoms with Gasteiger partial charge in [-0.15, -0.1) is 5.10 Å². The number of hydrogen-bond acceptors (Lipinski definition) is 5. The molecule has 8 heteroatoms. The standard InChI is InChI=1S/C25H25FN4O3/c1-25(2,3)18-6-10-20(11-7-18)32-15-21-12-13-22(33-21)23(31)28-24-27-16-30(29-24)14-17-4-8-19(26)9-5-17/h4-13,16H,14-15H2,1-3H3,(H,28,29,31). The monoisotopic (exact) mass is 448 g/mol. The van der Waals surface area contributed by atoms with Gasteiger partial charge in [0.25, 0.3) is 5.91 Å². The number of aromatic nitrogens is 3. The summed E-state index contributed by atoms with van der Waals surface area (Å²) in [4.78, 5) is 16.5. The van der Waals surface area contributed by atoms with E-state index in [9.17, 15) is 9.18 Å². The lowest BCUT2D eigenvalue weighted by molar-refractivity contribution is 0.0991. The summed E-state index contributed by atoms with van der Waals surface area (Å²) in [5, 5.41) is 6.82. The quantitative estimate of drug-likeness (QED) is 0.421. The zero-order valence-electron chi connectivity index (χ0n) is 18.7. The van der Waals surface area contributed by atoms with Crippen LogP contribution in [0.1, 0.15) is 48.2 Å². The Kier molecular flexibility index (Phi) is 6.26. The van der Waals surface area contributed by atoms with E-state index in [4.69, 9.17) is 9.15 Å². The summed E-state index contributed by atoms with van der Waals surface area (Å²) in [5.41, 5.74) is 2.16. The molecule has 1 amide bonds. The average Bonchev–Trinajstić information content (AvgIpc) is 3.43. The molecule has 0 saturated carbocycles. The molecule has 0 aliphatic heterocycles. The van der Waals surface area contributed by atoms with E-state index in [2.05, 4.69) is 36.2 Å². The topological polar surface area (TPSA) is 82.2 Å². The van der Waals surface area contributed by atoms with Crippen LogP contribution in [0.25, 0.3) is 0 Å². The zero-order chi connectivity index (χ0) is 23.4. The van der Waals surface area contributed by atoms with Crippen molar-refractivity contribution >= 4 is 11.9 Å². The van der Waals surface area contributed by atoms with E-state index in [1.165, 1.54) is 24.0 Å². The fourth-order valence-electron chi connectivity index (χ4n) is 3.15. The van der Waals surface area contributed by atoms with Gasteiger partial charge in [-0.2, -0.15) is 0 Å². The highest BCUT2D eigenvalue weighted by Crippen LogP contribution is 2.24. The minimum Gasteiger partial charge on any atom is -0.486 e. The molecule has 2 aromatic carbocycles. The molecule has 33 heavy (non-hydrogen) atoms. The van der Waals surface area contributed by atoms with E-state index in [0.717, 1.165) is 11.3 Å². The van der Waals surface area contributed by atoms with E-state index in [1.54, 1.807) is 28.9 Å². The van der Waals surface area contributed by atoms with Crippen molar-refractivity contribution in [2.24, 2.45) is 0 Å². The number of benzene rings is 2. The van der Waals surface area contributed by atoms with Gasteiger partial charge in [-0.3, -0.25) is 10.1 Å². The third-order valence-corrected chi connectivity index (χ3v) is 5.01. The summed E-state index contributed by atoms with van der Waals surface area (Å²) in [6, 6.07) is 17.3. The molecule has 0 aliphatic carbocycles. The number of carbonyl (C=O) groups excluding carboxylic acids is 1. The Morgan fingerprint density at radius 2 is 1.79 bits per heavy atom. The number of hydrogen-bond donors (Lipinski definition) is 1. The smallest absolute Gasteiger partial charge is 0.293 e. The van der Waals surface area contributed by atoms with Gasteiger partial charge in [-0.25, -0.2) is 14.1 Å². The molecule has 1 N–H and O–H groups in total. The molecule has 2 aromatic heterocycles. The minimum absolute atomic E-state index is 0.0768. The summed E-state index contributed by atoms with van der Waals surface area (Å²) in [5.74, 6) is 0.764. The zero-order valence-corrected chi connectivity index (χ0v) is 18.7. The third kappa shape index (κ3) is 5.85. The maximum atomic E-state index is 13.0. The largest absolute Gasteiger partial charge is 0.486 e. The second kappa shape index (κ2) is 9.28. The lowest BCUT2D eigenvalue weighted by Crippen LogP contribution is -2.12. The number of furan rings is 1. The fourth-order valence-corrected chi connectivity index (χ4v) is 3.15. The lowest BCUT2D eigenvalue weighted by Gasteiger charge is -2.19. The van der Waals surface area contributed by atoms with Crippen LogP contribution in [0.4, 0.5) is 10.3 Å². The normalized spacial score (nSPS) is 11.4. The van der Waals surface area contributed by atoms with E-state index in [1.807, 2.05) is 24.3 Å². The van der Waals surface area contributed by atoms with Gasteiger partial charge < -0.3 is 9.15 Å². The van der Waals surface area contributed by atoms with Crippen LogP contribution in [0.5, 0.6) is 5.75 Å². The van der Waals surface area contributed by atoms with E-state index >= 15 is 0 Å². The Labute approximate surface area is 191 Å². The molecular formula is C25H25FN4O3. The lowest BCUT2D eigenvalue weighted by atomic mass is 9.87. The van der Waals surface area contributed by atoms with E-state index in [-0.39, 0.29) is 29.5 Å². The second-order valence-electron chi connectivity index (χ2n) is 8.68. The van der Waals surface area contributed by atoms with Gasteiger partial charge in [0.2, 0.25) is 5.95 Å². The Hall–Kier alpha value is -3.94. The molecule has 0 radical (unpaired) electrons. The molecule has 0 atom stereocenters. The summed E-state index contributed by atoms with van der Waals surface area (Å²) >= 11 is 0. The summed E-state index contributed by atoms with van der Waals surface area (Å²) in [6.45, 7) is 7.08. The van der Waals surface area contributed by atoms with Crippen LogP contribution >= 0.6 is 0 Å². The fraction of sp³-hybridized carbons (Fsp3) is 0.240. The number of halogens is 1. The van der Waals surface area contributed by atoms with Gasteiger partial charge in [0.05, 0.1) is 6.54 Å². The molecule has 0 spiro atoms. The molecule has 7 nitrogen and oxygen atoms in total. The first kappa shape index (κ1) is 22.3. The molecule has 0 unspecified atom stereocenters. The summed E-state index contributed by atoms with van der Waals surface area (Å²) in [7, 11) is 0. The number of carbonyl (C=O) groups is 1. The average molecular weight is 448 g/mol. The third-order valence-electron chi connectivity index (χ3n) is 5.01. The molecule has 0 bridgehead atoms. The highest BCUT2D eigenvalue weighted by Gasteiger charge is 2.15. The predicted octanol–water partition coefficient (Wildman–Crippen LogP) is 5.19. The minimum atomic E-state index is -0.463. The van der Waals surface area contributed by atoms with Crippen molar-refractivity contribution < 1.29 is 18.3 Å². The van der Waals surface area contributed by atoms with Crippen LogP contribution in [-0.4, -0.2) is 20.7 Å². The molecular weight excluding hydrogens is 423 g/mol. The van der Waals surface area contributed by atoms with Crippen molar-refractivity contribution in [2.45, 2.75) is 39.3 Å². The van der Waals surface area contributed by atoms with Crippen LogP contribution in [0.15, 0.2) is 71.4 Å². The van der Waals surface area contributed by atoms with Crippen molar-refractivity contribution in [3.05, 3.63) is 95.5 Å². The maximum absolute atomic E-state index is 13.0. The molecule has 0 fully saturated rings. The first-order valence-corrected chi connectivity index (χ1v) is 10.5. The number of amides is 1. The SMILES string of the molecule is CC(C)(C)c1ccc(OCc2ccc(C(=O)Nc3ncn(Cc4ccc(F)cc4)n3)o2)cc1. The molecule has 2 heterocycles. The number of ether oxygens (including phenoxy) is 1. The van der Waals surface area contributed by atoms with Crippen molar-refractivity contribution in [2.75, 3.05) is 5.32 Å². The van der Waals surface area contributed by atoms with Crippen molar-refractivity contribution in [1.82, 2.24) is 14.8 Å². The van der Waals surface area contributed by atoms with Crippen LogP contribution in [0, 0.1) is 5.82 Å².